The summed E-state index contributed by atoms with van der Waals surface area (Å²) >= 11 is 1.30. The molecule has 2 aliphatic rings. The zero-order chi connectivity index (χ0) is 37.8. The number of carbonyl (C=O) groups excluding carboxylic acids is 4. The Morgan fingerprint density at radius 3 is 2.29 bits per heavy atom. The Labute approximate surface area is 307 Å². The average Bonchev–Trinajstić information content (AvgIpc) is 3.59. The molecule has 284 valence electrons. The van der Waals surface area contributed by atoms with Gasteiger partial charge in [-0.3, -0.25) is 24.1 Å². The van der Waals surface area contributed by atoms with Gasteiger partial charge in [0.15, 0.2) is 0 Å². The third-order valence-electron chi connectivity index (χ3n) is 9.79. The summed E-state index contributed by atoms with van der Waals surface area (Å²) in [6.07, 6.45) is 2.32. The van der Waals surface area contributed by atoms with Crippen LogP contribution in [0.3, 0.4) is 0 Å². The van der Waals surface area contributed by atoms with Crippen molar-refractivity contribution in [3.05, 3.63) is 47.0 Å². The standard InChI is InChI=1S/C37H58N6O7S/c1-22(2)29(43(8)35(46)31(23(3)4)41-33(45)28-16-12-13-17-42(28)7)20-30(50-37(49)38-6)34-40-27(21-51-34)32(44)39-26(18-24(5)36(47)48)19-25-14-10-9-11-15-25/h9-11,14-15,21-24,26,28-31,34,40H,12-13,16-20H2,1-8H3,(H,38,49)(H,39,44)(H,41,45)(H,47,48)/t24-,26+,28+,29+,30+,31-,34?/m0/s1. The van der Waals surface area contributed by atoms with Crippen LogP contribution in [0.15, 0.2) is 41.4 Å². The molecule has 0 bridgehead atoms. The predicted molar refractivity (Wildman–Crippen MR) is 198 cm³/mol. The van der Waals surface area contributed by atoms with Gasteiger partial charge in [0.25, 0.3) is 5.91 Å². The Morgan fingerprint density at radius 1 is 1.02 bits per heavy atom. The minimum Gasteiger partial charge on any atom is -0.481 e. The van der Waals surface area contributed by atoms with Crippen LogP contribution in [0, 0.1) is 17.8 Å². The number of ether oxygens (including phenoxy) is 1. The summed E-state index contributed by atoms with van der Waals surface area (Å²) in [6.45, 7) is 10.3. The van der Waals surface area contributed by atoms with Gasteiger partial charge in [-0.25, -0.2) is 4.79 Å². The molecule has 0 aliphatic carbocycles. The molecule has 3 rings (SSSR count). The summed E-state index contributed by atoms with van der Waals surface area (Å²) < 4.78 is 5.85. The number of likely N-dealkylation sites (N-methyl/N-ethyl adjacent to an activating group) is 2. The summed E-state index contributed by atoms with van der Waals surface area (Å²) in [5, 5.41) is 22.4. The number of carboxylic acids is 1. The lowest BCUT2D eigenvalue weighted by Crippen LogP contribution is -2.58. The molecule has 5 N–H and O–H groups in total. The molecule has 4 amide bonds. The lowest BCUT2D eigenvalue weighted by molar-refractivity contribution is -0.142. The van der Waals surface area contributed by atoms with E-state index in [2.05, 4.69) is 21.3 Å². The van der Waals surface area contributed by atoms with Crippen molar-refractivity contribution < 1.29 is 33.8 Å². The van der Waals surface area contributed by atoms with Gasteiger partial charge in [0.2, 0.25) is 11.8 Å². The maximum absolute atomic E-state index is 14.1. The van der Waals surface area contributed by atoms with Crippen LogP contribution in [0.4, 0.5) is 4.79 Å². The van der Waals surface area contributed by atoms with E-state index >= 15 is 0 Å². The third-order valence-corrected chi connectivity index (χ3v) is 10.9. The first kappa shape index (κ1) is 41.6. The van der Waals surface area contributed by atoms with Gasteiger partial charge in [0, 0.05) is 38.0 Å². The number of carbonyl (C=O) groups is 5. The highest BCUT2D eigenvalue weighted by molar-refractivity contribution is 8.03. The number of thioether (sulfide) groups is 1. The van der Waals surface area contributed by atoms with E-state index in [4.69, 9.17) is 4.74 Å². The molecule has 2 heterocycles. The molecule has 13 nitrogen and oxygen atoms in total. The monoisotopic (exact) mass is 730 g/mol. The number of nitrogens with one attached hydrogen (secondary N) is 4. The van der Waals surface area contributed by atoms with Crippen LogP contribution in [-0.4, -0.2) is 108 Å². The van der Waals surface area contributed by atoms with Crippen LogP contribution < -0.4 is 21.3 Å². The van der Waals surface area contributed by atoms with Crippen molar-refractivity contribution in [1.82, 2.24) is 31.1 Å². The van der Waals surface area contributed by atoms with Crippen molar-refractivity contribution in [3.63, 3.8) is 0 Å². The molecule has 0 spiro atoms. The van der Waals surface area contributed by atoms with Gasteiger partial charge < -0.3 is 36.0 Å². The number of amides is 4. The van der Waals surface area contributed by atoms with Crippen molar-refractivity contribution in [1.29, 1.82) is 0 Å². The van der Waals surface area contributed by atoms with Crippen LogP contribution in [0.2, 0.25) is 0 Å². The first-order chi connectivity index (χ1) is 24.1. The van der Waals surface area contributed by atoms with E-state index < -0.39 is 47.4 Å². The Kier molecular flexibility index (Phi) is 16.1. The van der Waals surface area contributed by atoms with E-state index in [0.29, 0.717) is 6.42 Å². The van der Waals surface area contributed by atoms with Gasteiger partial charge in [-0.1, -0.05) is 71.4 Å². The van der Waals surface area contributed by atoms with Crippen molar-refractivity contribution >= 4 is 41.5 Å². The van der Waals surface area contributed by atoms with Gasteiger partial charge >= 0.3 is 12.1 Å². The van der Waals surface area contributed by atoms with Gasteiger partial charge in [0.05, 0.1) is 12.0 Å². The third kappa shape index (κ3) is 12.2. The SMILES string of the molecule is CNC(=O)O[C@H](C[C@H](C(C)C)N(C)C(=O)[C@@H](NC(=O)[C@H]1CCCCN1C)C(C)C)C1NC(C(=O)N[C@@H](Cc2ccccc2)C[C@H](C)C(=O)O)=CS1. The van der Waals surface area contributed by atoms with E-state index in [9.17, 15) is 29.1 Å². The number of likely N-dealkylation sites (tertiary alicyclic amines) is 1. The fourth-order valence-corrected chi connectivity index (χ4v) is 7.64. The fraction of sp³-hybridized carbons (Fsp3) is 0.649. The van der Waals surface area contributed by atoms with Crippen LogP contribution in [0.1, 0.15) is 72.3 Å². The molecule has 0 radical (unpaired) electrons. The van der Waals surface area contributed by atoms with Crippen molar-refractivity contribution in [2.45, 2.75) is 109 Å². The van der Waals surface area contributed by atoms with Gasteiger partial charge in [0.1, 0.15) is 23.2 Å². The van der Waals surface area contributed by atoms with Crippen molar-refractivity contribution in [2.75, 3.05) is 27.7 Å². The second-order valence-corrected chi connectivity index (χ2v) is 15.5. The van der Waals surface area contributed by atoms with Crippen molar-refractivity contribution in [3.8, 4) is 0 Å². The largest absolute Gasteiger partial charge is 0.481 e. The Morgan fingerprint density at radius 2 is 1.71 bits per heavy atom. The molecule has 1 saturated heterocycles. The highest BCUT2D eigenvalue weighted by Gasteiger charge is 2.39. The molecular formula is C37H58N6O7S. The Bertz CT molecular complexity index is 1380. The minimum atomic E-state index is -0.938. The zero-order valence-electron chi connectivity index (χ0n) is 31.3. The highest BCUT2D eigenvalue weighted by atomic mass is 32.2. The van der Waals surface area contributed by atoms with Crippen molar-refractivity contribution in [2.24, 2.45) is 17.8 Å². The lowest BCUT2D eigenvalue weighted by Gasteiger charge is -2.38. The number of hydrogen-bond donors (Lipinski definition) is 5. The number of aliphatic carboxylic acids is 1. The number of nitrogens with zero attached hydrogens (tertiary/aromatic N) is 2. The van der Waals surface area contributed by atoms with Crippen LogP contribution >= 0.6 is 11.8 Å². The summed E-state index contributed by atoms with van der Waals surface area (Å²) in [6, 6.07) is 7.73. The smallest absolute Gasteiger partial charge is 0.407 e. The molecule has 1 aromatic rings. The molecule has 1 unspecified atom stereocenters. The Balaban J connectivity index is 1.74. The summed E-state index contributed by atoms with van der Waals surface area (Å²) in [5.41, 5.74) is 1.25. The quantitative estimate of drug-likeness (QED) is 0.160. The molecule has 7 atom stereocenters. The summed E-state index contributed by atoms with van der Waals surface area (Å²) in [4.78, 5) is 68.8. The molecule has 0 saturated carbocycles. The molecule has 14 heteroatoms. The van der Waals surface area contributed by atoms with Crippen LogP contribution in [0.5, 0.6) is 0 Å². The van der Waals surface area contributed by atoms with E-state index in [1.807, 2.05) is 70.0 Å². The van der Waals surface area contributed by atoms with E-state index in [1.165, 1.54) is 18.8 Å². The fourth-order valence-electron chi connectivity index (χ4n) is 6.64. The number of rotatable bonds is 17. The maximum atomic E-state index is 14.1. The maximum Gasteiger partial charge on any atom is 0.407 e. The Hall–Kier alpha value is -3.78. The van der Waals surface area contributed by atoms with E-state index in [-0.39, 0.29) is 54.3 Å². The number of hydrogen-bond acceptors (Lipinski definition) is 9. The number of carboxylic acid groups (broad SMARTS) is 1. The van der Waals surface area contributed by atoms with Gasteiger partial charge in [-0.2, -0.15) is 0 Å². The first-order valence-corrected chi connectivity index (χ1v) is 18.9. The van der Waals surface area contributed by atoms with E-state index in [1.54, 1.807) is 24.3 Å². The predicted octanol–water partition coefficient (Wildman–Crippen LogP) is 3.55. The van der Waals surface area contributed by atoms with Gasteiger partial charge in [-0.05, 0) is 56.7 Å². The van der Waals surface area contributed by atoms with Gasteiger partial charge in [-0.15, -0.1) is 11.8 Å². The molecule has 1 fully saturated rings. The molecule has 2 aliphatic heterocycles. The summed E-state index contributed by atoms with van der Waals surface area (Å²) in [5.74, 6) is -2.57. The molecule has 1 aromatic carbocycles. The normalized spacial score (nSPS) is 20.6. The number of piperidine rings is 1. The summed E-state index contributed by atoms with van der Waals surface area (Å²) in [7, 11) is 5.12. The minimum absolute atomic E-state index is 0.0418. The van der Waals surface area contributed by atoms with Crippen LogP contribution in [-0.2, 0) is 30.3 Å². The van der Waals surface area contributed by atoms with E-state index in [0.717, 1.165) is 31.4 Å². The number of alkyl carbamates (subject to hydrolysis) is 1. The second-order valence-electron chi connectivity index (χ2n) is 14.5. The zero-order valence-corrected chi connectivity index (χ0v) is 32.1. The number of benzene rings is 1. The molecular weight excluding hydrogens is 673 g/mol. The average molecular weight is 731 g/mol. The molecule has 51 heavy (non-hydrogen) atoms. The topological polar surface area (TPSA) is 169 Å². The lowest BCUT2D eigenvalue weighted by atomic mass is 9.93. The highest BCUT2D eigenvalue weighted by Crippen LogP contribution is 2.30. The first-order valence-electron chi connectivity index (χ1n) is 18.0. The molecule has 0 aromatic heterocycles. The second kappa shape index (κ2) is 19.7. The van der Waals surface area contributed by atoms with Crippen LogP contribution in [0.25, 0.3) is 0 Å².